The van der Waals surface area contributed by atoms with Crippen LogP contribution in [0.2, 0.25) is 0 Å². The molecule has 6 nitrogen and oxygen atoms in total. The van der Waals surface area contributed by atoms with E-state index in [2.05, 4.69) is 16.0 Å². The Hall–Kier alpha value is -1.79. The fourth-order valence-electron chi connectivity index (χ4n) is 1.45. The average Bonchev–Trinajstić information content (AvgIpc) is 2.34. The van der Waals surface area contributed by atoms with Crippen LogP contribution in [-0.2, 0) is 0 Å². The summed E-state index contributed by atoms with van der Waals surface area (Å²) in [5.41, 5.74) is 6.00. The summed E-state index contributed by atoms with van der Waals surface area (Å²) < 4.78 is 0. The van der Waals surface area contributed by atoms with E-state index in [1.165, 1.54) is 0 Å². The highest BCUT2D eigenvalue weighted by Gasteiger charge is 2.05. The number of amides is 3. The van der Waals surface area contributed by atoms with E-state index in [9.17, 15) is 9.59 Å². The molecule has 106 valence electrons. The van der Waals surface area contributed by atoms with Gasteiger partial charge < -0.3 is 21.7 Å². The number of hydrogen-bond donors (Lipinski definition) is 4. The molecule has 5 N–H and O–H groups in total. The number of nitrogens with two attached hydrogens (primary N) is 1. The Labute approximate surface area is 118 Å². The van der Waals surface area contributed by atoms with Crippen LogP contribution >= 0.6 is 12.4 Å². The zero-order valence-electron chi connectivity index (χ0n) is 10.7. The van der Waals surface area contributed by atoms with Crippen LogP contribution in [0.5, 0.6) is 0 Å². The van der Waals surface area contributed by atoms with Crippen LogP contribution in [0, 0.1) is 0 Å². The predicted molar refractivity (Wildman–Crippen MR) is 77.8 cm³/mol. The lowest BCUT2D eigenvalue weighted by Crippen LogP contribution is -2.26. The number of carbonyl (C=O) groups is 2. The Balaban J connectivity index is 0.00000324. The van der Waals surface area contributed by atoms with E-state index in [1.807, 2.05) is 7.05 Å². The van der Waals surface area contributed by atoms with Crippen molar-refractivity contribution in [3.8, 4) is 0 Å². The number of rotatable bonds is 6. The Kier molecular flexibility index (Phi) is 8.32. The molecule has 0 bridgehead atoms. The van der Waals surface area contributed by atoms with E-state index in [0.29, 0.717) is 17.8 Å². The molecular formula is C12H19ClN4O2. The summed E-state index contributed by atoms with van der Waals surface area (Å²) in [4.78, 5) is 22.5. The molecule has 0 atom stereocenters. The van der Waals surface area contributed by atoms with Crippen molar-refractivity contribution >= 4 is 30.0 Å². The Morgan fingerprint density at radius 2 is 2.00 bits per heavy atom. The second-order valence-electron chi connectivity index (χ2n) is 3.78. The number of urea groups is 1. The van der Waals surface area contributed by atoms with Crippen molar-refractivity contribution in [2.75, 3.05) is 25.5 Å². The molecule has 0 radical (unpaired) electrons. The van der Waals surface area contributed by atoms with Gasteiger partial charge in [0.25, 0.3) is 5.91 Å². The van der Waals surface area contributed by atoms with E-state index >= 15 is 0 Å². The fraction of sp³-hybridized carbons (Fsp3) is 0.333. The van der Waals surface area contributed by atoms with Crippen LogP contribution in [0.15, 0.2) is 24.3 Å². The number of anilines is 1. The summed E-state index contributed by atoms with van der Waals surface area (Å²) in [6.45, 7) is 1.46. The lowest BCUT2D eigenvalue weighted by atomic mass is 10.2. The summed E-state index contributed by atoms with van der Waals surface area (Å²) in [7, 11) is 1.86. The third-order valence-electron chi connectivity index (χ3n) is 2.28. The molecule has 1 aromatic rings. The Morgan fingerprint density at radius 1 is 1.26 bits per heavy atom. The molecule has 3 amide bonds. The minimum atomic E-state index is -0.651. The molecule has 0 spiro atoms. The normalized spacial score (nSPS) is 9.32. The van der Waals surface area contributed by atoms with Crippen LogP contribution in [0.1, 0.15) is 16.8 Å². The predicted octanol–water partition coefficient (Wildman–Crippen LogP) is 0.938. The number of nitrogens with one attached hydrogen (secondary N) is 3. The molecule has 1 rings (SSSR count). The molecule has 0 aliphatic heterocycles. The second-order valence-corrected chi connectivity index (χ2v) is 3.78. The molecule has 0 saturated heterocycles. The van der Waals surface area contributed by atoms with Crippen LogP contribution in [0.3, 0.4) is 0 Å². The molecule has 19 heavy (non-hydrogen) atoms. The van der Waals surface area contributed by atoms with Gasteiger partial charge in [-0.3, -0.25) is 4.79 Å². The van der Waals surface area contributed by atoms with Crippen LogP contribution in [0.25, 0.3) is 0 Å². The highest BCUT2D eigenvalue weighted by molar-refractivity contribution is 5.96. The number of carbonyl (C=O) groups excluding carboxylic acids is 2. The van der Waals surface area contributed by atoms with Crippen molar-refractivity contribution in [3.63, 3.8) is 0 Å². The van der Waals surface area contributed by atoms with Gasteiger partial charge in [0.2, 0.25) is 0 Å². The lowest BCUT2D eigenvalue weighted by molar-refractivity contribution is 0.0953. The van der Waals surface area contributed by atoms with Crippen molar-refractivity contribution in [3.05, 3.63) is 29.8 Å². The van der Waals surface area contributed by atoms with Gasteiger partial charge in [-0.2, -0.15) is 0 Å². The van der Waals surface area contributed by atoms with Gasteiger partial charge in [-0.15, -0.1) is 12.4 Å². The minimum Gasteiger partial charge on any atom is -0.352 e. The molecule has 0 aromatic heterocycles. The van der Waals surface area contributed by atoms with E-state index in [4.69, 9.17) is 5.73 Å². The SMILES string of the molecule is CNCCCNC(=O)c1cccc(NC(N)=O)c1.Cl. The molecule has 1 aromatic carbocycles. The lowest BCUT2D eigenvalue weighted by Gasteiger charge is -2.07. The van der Waals surface area contributed by atoms with Crippen molar-refractivity contribution in [2.24, 2.45) is 5.73 Å². The minimum absolute atomic E-state index is 0. The summed E-state index contributed by atoms with van der Waals surface area (Å²) in [6.07, 6.45) is 0.863. The molecule has 0 unspecified atom stereocenters. The second kappa shape index (κ2) is 9.18. The van der Waals surface area contributed by atoms with Crippen LogP contribution in [-0.4, -0.2) is 32.1 Å². The third kappa shape index (κ3) is 6.64. The van der Waals surface area contributed by atoms with Crippen molar-refractivity contribution < 1.29 is 9.59 Å². The largest absolute Gasteiger partial charge is 0.352 e. The number of benzene rings is 1. The maximum atomic E-state index is 11.8. The van der Waals surface area contributed by atoms with Gasteiger partial charge in [-0.05, 0) is 38.2 Å². The van der Waals surface area contributed by atoms with E-state index in [1.54, 1.807) is 24.3 Å². The fourth-order valence-corrected chi connectivity index (χ4v) is 1.45. The Bertz CT molecular complexity index is 426. The van der Waals surface area contributed by atoms with E-state index < -0.39 is 6.03 Å². The monoisotopic (exact) mass is 286 g/mol. The van der Waals surface area contributed by atoms with Crippen LogP contribution in [0.4, 0.5) is 10.5 Å². The quantitative estimate of drug-likeness (QED) is 0.586. The number of hydrogen-bond acceptors (Lipinski definition) is 3. The van der Waals surface area contributed by atoms with Gasteiger partial charge >= 0.3 is 6.03 Å². The first-order chi connectivity index (χ1) is 8.63. The number of halogens is 1. The summed E-state index contributed by atoms with van der Waals surface area (Å²) in [5, 5.41) is 8.22. The first-order valence-corrected chi connectivity index (χ1v) is 5.73. The molecule has 0 fully saturated rings. The molecule has 0 aliphatic carbocycles. The first kappa shape index (κ1) is 17.2. The maximum absolute atomic E-state index is 11.8. The van der Waals surface area contributed by atoms with Gasteiger partial charge in [0.1, 0.15) is 0 Å². The molecule has 0 aliphatic rings. The molecular weight excluding hydrogens is 268 g/mol. The number of primary amides is 1. The third-order valence-corrected chi connectivity index (χ3v) is 2.28. The van der Waals surface area contributed by atoms with Crippen molar-refractivity contribution in [1.82, 2.24) is 10.6 Å². The van der Waals surface area contributed by atoms with E-state index in [-0.39, 0.29) is 18.3 Å². The van der Waals surface area contributed by atoms with Gasteiger partial charge in [-0.25, -0.2) is 4.79 Å². The molecule has 7 heteroatoms. The Morgan fingerprint density at radius 3 is 2.63 bits per heavy atom. The summed E-state index contributed by atoms with van der Waals surface area (Å²) >= 11 is 0. The van der Waals surface area contributed by atoms with Gasteiger partial charge in [0.15, 0.2) is 0 Å². The zero-order chi connectivity index (χ0) is 13.4. The summed E-state index contributed by atoms with van der Waals surface area (Å²) in [6, 6.07) is 5.97. The molecule has 0 heterocycles. The summed E-state index contributed by atoms with van der Waals surface area (Å²) in [5.74, 6) is -0.167. The zero-order valence-corrected chi connectivity index (χ0v) is 11.5. The average molecular weight is 287 g/mol. The highest BCUT2D eigenvalue weighted by atomic mass is 35.5. The maximum Gasteiger partial charge on any atom is 0.316 e. The van der Waals surface area contributed by atoms with E-state index in [0.717, 1.165) is 13.0 Å². The van der Waals surface area contributed by atoms with Gasteiger partial charge in [0.05, 0.1) is 0 Å². The van der Waals surface area contributed by atoms with Crippen LogP contribution < -0.4 is 21.7 Å². The van der Waals surface area contributed by atoms with Crippen molar-refractivity contribution in [1.29, 1.82) is 0 Å². The smallest absolute Gasteiger partial charge is 0.316 e. The highest BCUT2D eigenvalue weighted by Crippen LogP contribution is 2.10. The van der Waals surface area contributed by atoms with Gasteiger partial charge in [-0.1, -0.05) is 6.07 Å². The first-order valence-electron chi connectivity index (χ1n) is 5.73. The van der Waals surface area contributed by atoms with Crippen molar-refractivity contribution in [2.45, 2.75) is 6.42 Å². The van der Waals surface area contributed by atoms with Gasteiger partial charge in [0, 0.05) is 17.8 Å². The topological polar surface area (TPSA) is 96.2 Å². The standard InChI is InChI=1S/C12H18N4O2.ClH/c1-14-6-3-7-15-11(17)9-4-2-5-10(8-9)16-12(13)18;/h2,4-5,8,14H,3,6-7H2,1H3,(H,15,17)(H3,13,16,18);1H. The molecule has 0 saturated carbocycles.